The summed E-state index contributed by atoms with van der Waals surface area (Å²) < 4.78 is 2.42. The molecule has 1 aliphatic heterocycles. The van der Waals surface area contributed by atoms with Crippen molar-refractivity contribution in [3.8, 4) is 0 Å². The van der Waals surface area contributed by atoms with Gasteiger partial charge in [0.2, 0.25) is 0 Å². The molecule has 1 saturated carbocycles. The third-order valence-electron chi connectivity index (χ3n) is 4.40. The van der Waals surface area contributed by atoms with E-state index in [0.29, 0.717) is 5.92 Å². The molecule has 1 aliphatic carbocycles. The van der Waals surface area contributed by atoms with E-state index in [9.17, 15) is 0 Å². The molecule has 3 nitrogen and oxygen atoms in total. The highest BCUT2D eigenvalue weighted by atomic mass is 15.1. The van der Waals surface area contributed by atoms with Crippen molar-refractivity contribution >= 4 is 0 Å². The number of rotatable bonds is 3. The summed E-state index contributed by atoms with van der Waals surface area (Å²) >= 11 is 0. The summed E-state index contributed by atoms with van der Waals surface area (Å²) in [5.74, 6) is 1.59. The van der Waals surface area contributed by atoms with Gasteiger partial charge in [0.15, 0.2) is 0 Å². The Morgan fingerprint density at radius 3 is 2.88 bits per heavy atom. The molecule has 3 heteroatoms. The van der Waals surface area contributed by atoms with Gasteiger partial charge >= 0.3 is 0 Å². The van der Waals surface area contributed by atoms with E-state index in [4.69, 9.17) is 0 Å². The second-order valence-electron chi connectivity index (χ2n) is 5.66. The van der Waals surface area contributed by atoms with Crippen LogP contribution in [-0.4, -0.2) is 22.6 Å². The zero-order valence-corrected chi connectivity index (χ0v) is 10.6. The lowest BCUT2D eigenvalue weighted by Gasteiger charge is -2.23. The Hall–Kier alpha value is -0.830. The molecular weight excluding hydrogens is 210 g/mol. The molecule has 1 saturated heterocycles. The summed E-state index contributed by atoms with van der Waals surface area (Å²) in [5.41, 5.74) is 1.46. The van der Waals surface area contributed by atoms with Crippen molar-refractivity contribution < 1.29 is 0 Å². The first-order chi connectivity index (χ1) is 8.43. The van der Waals surface area contributed by atoms with Gasteiger partial charge in [-0.25, -0.2) is 4.98 Å². The number of nitrogens with zero attached hydrogens (tertiary/aromatic N) is 2. The Bertz CT molecular complexity index is 346. The van der Waals surface area contributed by atoms with E-state index in [0.717, 1.165) is 12.5 Å². The van der Waals surface area contributed by atoms with Crippen LogP contribution < -0.4 is 5.32 Å². The summed E-state index contributed by atoms with van der Waals surface area (Å²) in [5, 5.41) is 3.45. The quantitative estimate of drug-likeness (QED) is 0.869. The van der Waals surface area contributed by atoms with Crippen LogP contribution in [-0.2, 0) is 6.54 Å². The third kappa shape index (κ3) is 2.54. The Morgan fingerprint density at radius 2 is 2.12 bits per heavy atom. The third-order valence-corrected chi connectivity index (χ3v) is 4.40. The van der Waals surface area contributed by atoms with Crippen molar-refractivity contribution in [2.75, 3.05) is 13.1 Å². The summed E-state index contributed by atoms with van der Waals surface area (Å²) in [6, 6.07) is 0. The minimum atomic E-state index is 0.695. The minimum absolute atomic E-state index is 0.695. The van der Waals surface area contributed by atoms with Crippen LogP contribution in [0.4, 0.5) is 0 Å². The van der Waals surface area contributed by atoms with Crippen molar-refractivity contribution in [3.05, 3.63) is 18.2 Å². The van der Waals surface area contributed by atoms with E-state index in [2.05, 4.69) is 21.1 Å². The van der Waals surface area contributed by atoms with E-state index < -0.39 is 0 Å². The van der Waals surface area contributed by atoms with Crippen molar-refractivity contribution in [1.82, 2.24) is 14.9 Å². The van der Waals surface area contributed by atoms with Crippen LogP contribution in [0.2, 0.25) is 0 Å². The Labute approximate surface area is 104 Å². The molecule has 3 rings (SSSR count). The van der Waals surface area contributed by atoms with E-state index in [1.54, 1.807) is 0 Å². The molecule has 0 aromatic carbocycles. The fraction of sp³-hybridized carbons (Fsp3) is 0.786. The van der Waals surface area contributed by atoms with Crippen LogP contribution in [0.5, 0.6) is 0 Å². The van der Waals surface area contributed by atoms with Crippen LogP contribution in [0.1, 0.15) is 50.1 Å². The maximum Gasteiger partial charge on any atom is 0.0948 e. The smallest absolute Gasteiger partial charge is 0.0948 e. The van der Waals surface area contributed by atoms with E-state index >= 15 is 0 Å². The maximum absolute atomic E-state index is 4.37. The SMILES string of the molecule is c1ncn(CC2CCCCC2)c1C1CCNC1. The number of aromatic nitrogens is 2. The fourth-order valence-corrected chi connectivity index (χ4v) is 3.38. The summed E-state index contributed by atoms with van der Waals surface area (Å²) in [7, 11) is 0. The number of hydrogen-bond acceptors (Lipinski definition) is 2. The molecule has 1 N–H and O–H groups in total. The van der Waals surface area contributed by atoms with E-state index in [1.165, 1.54) is 57.3 Å². The number of hydrogen-bond donors (Lipinski definition) is 1. The first-order valence-corrected chi connectivity index (χ1v) is 7.14. The van der Waals surface area contributed by atoms with Crippen molar-refractivity contribution in [2.45, 2.75) is 51.0 Å². The monoisotopic (exact) mass is 233 g/mol. The molecule has 2 fully saturated rings. The van der Waals surface area contributed by atoms with Gasteiger partial charge in [0.05, 0.1) is 6.33 Å². The van der Waals surface area contributed by atoms with Gasteiger partial charge in [-0.15, -0.1) is 0 Å². The Morgan fingerprint density at radius 1 is 1.24 bits per heavy atom. The molecule has 0 bridgehead atoms. The zero-order valence-electron chi connectivity index (χ0n) is 10.6. The van der Waals surface area contributed by atoms with Gasteiger partial charge in [0.1, 0.15) is 0 Å². The highest BCUT2D eigenvalue weighted by Gasteiger charge is 2.22. The molecule has 1 atom stereocenters. The molecule has 0 amide bonds. The second kappa shape index (κ2) is 5.21. The van der Waals surface area contributed by atoms with Gasteiger partial charge in [-0.05, 0) is 31.7 Å². The van der Waals surface area contributed by atoms with Crippen molar-refractivity contribution in [2.24, 2.45) is 5.92 Å². The van der Waals surface area contributed by atoms with Gasteiger partial charge in [0, 0.05) is 30.9 Å². The number of nitrogens with one attached hydrogen (secondary N) is 1. The predicted octanol–water partition coefficient (Wildman–Crippen LogP) is 2.54. The number of imidazole rings is 1. The van der Waals surface area contributed by atoms with Gasteiger partial charge in [0.25, 0.3) is 0 Å². The lowest BCUT2D eigenvalue weighted by molar-refractivity contribution is 0.315. The molecule has 2 aliphatic rings. The summed E-state index contributed by atoms with van der Waals surface area (Å²) in [6.07, 6.45) is 12.5. The standard InChI is InChI=1S/C14H23N3/c1-2-4-12(5-3-1)10-17-11-16-9-14(17)13-6-7-15-8-13/h9,11-13,15H,1-8,10H2. The summed E-state index contributed by atoms with van der Waals surface area (Å²) in [6.45, 7) is 3.50. The van der Waals surface area contributed by atoms with Crippen molar-refractivity contribution in [3.63, 3.8) is 0 Å². The highest BCUT2D eigenvalue weighted by Crippen LogP contribution is 2.27. The van der Waals surface area contributed by atoms with Crippen LogP contribution in [0, 0.1) is 5.92 Å². The van der Waals surface area contributed by atoms with Crippen LogP contribution in [0.25, 0.3) is 0 Å². The van der Waals surface area contributed by atoms with Gasteiger partial charge in [-0.3, -0.25) is 0 Å². The Balaban J connectivity index is 1.67. The topological polar surface area (TPSA) is 29.9 Å². The molecule has 0 radical (unpaired) electrons. The average molecular weight is 233 g/mol. The van der Waals surface area contributed by atoms with Gasteiger partial charge < -0.3 is 9.88 Å². The molecule has 1 unspecified atom stereocenters. The minimum Gasteiger partial charge on any atom is -0.334 e. The second-order valence-corrected chi connectivity index (χ2v) is 5.66. The molecule has 2 heterocycles. The predicted molar refractivity (Wildman–Crippen MR) is 69.0 cm³/mol. The van der Waals surface area contributed by atoms with E-state index in [1.807, 2.05) is 6.33 Å². The van der Waals surface area contributed by atoms with Gasteiger partial charge in [-0.1, -0.05) is 19.3 Å². The first kappa shape index (κ1) is 11.3. The molecular formula is C14H23N3. The Kier molecular flexibility index (Phi) is 3.46. The molecule has 94 valence electrons. The summed E-state index contributed by atoms with van der Waals surface area (Å²) in [4.78, 5) is 4.37. The molecule has 0 spiro atoms. The average Bonchev–Trinajstić information content (AvgIpc) is 3.00. The molecule has 1 aromatic heterocycles. The molecule has 1 aromatic rings. The zero-order chi connectivity index (χ0) is 11.5. The lowest BCUT2D eigenvalue weighted by atomic mass is 9.89. The largest absolute Gasteiger partial charge is 0.334 e. The molecule has 17 heavy (non-hydrogen) atoms. The fourth-order valence-electron chi connectivity index (χ4n) is 3.38. The maximum atomic E-state index is 4.37. The van der Waals surface area contributed by atoms with Crippen LogP contribution in [0.15, 0.2) is 12.5 Å². The van der Waals surface area contributed by atoms with Crippen LogP contribution >= 0.6 is 0 Å². The van der Waals surface area contributed by atoms with E-state index in [-0.39, 0.29) is 0 Å². The highest BCUT2D eigenvalue weighted by molar-refractivity contribution is 5.09. The first-order valence-electron chi connectivity index (χ1n) is 7.14. The van der Waals surface area contributed by atoms with Crippen molar-refractivity contribution in [1.29, 1.82) is 0 Å². The lowest BCUT2D eigenvalue weighted by Crippen LogP contribution is -2.17. The van der Waals surface area contributed by atoms with Crippen LogP contribution in [0.3, 0.4) is 0 Å². The normalized spacial score (nSPS) is 26.5. The van der Waals surface area contributed by atoms with Gasteiger partial charge in [-0.2, -0.15) is 0 Å².